The molecule has 138 valence electrons. The van der Waals surface area contributed by atoms with Gasteiger partial charge in [-0.2, -0.15) is 0 Å². The molecular weight excluding hydrogens is 342 g/mol. The monoisotopic (exact) mass is 363 g/mol. The lowest BCUT2D eigenvalue weighted by atomic mass is 10.1. The fourth-order valence-electron chi connectivity index (χ4n) is 2.47. The number of methoxy groups -OCH3 is 1. The van der Waals surface area contributed by atoms with Gasteiger partial charge in [-0.25, -0.2) is 9.97 Å². The Morgan fingerprint density at radius 2 is 1.93 bits per heavy atom. The zero-order valence-corrected chi connectivity index (χ0v) is 15.1. The molecule has 3 aromatic rings. The molecule has 2 aromatic heterocycles. The minimum atomic E-state index is -0.244. The van der Waals surface area contributed by atoms with Gasteiger partial charge in [-0.3, -0.25) is 9.78 Å². The molecule has 0 saturated heterocycles. The van der Waals surface area contributed by atoms with Crippen molar-refractivity contribution in [1.82, 2.24) is 20.3 Å². The van der Waals surface area contributed by atoms with Crippen molar-refractivity contribution in [3.63, 3.8) is 0 Å². The molecule has 0 saturated carbocycles. The summed E-state index contributed by atoms with van der Waals surface area (Å²) in [6, 6.07) is 11.6. The summed E-state index contributed by atoms with van der Waals surface area (Å²) < 4.78 is 5.20. The molecule has 7 heteroatoms. The van der Waals surface area contributed by atoms with Crippen LogP contribution in [-0.2, 0) is 13.0 Å². The Labute approximate surface area is 157 Å². The molecule has 0 atom stereocenters. The van der Waals surface area contributed by atoms with E-state index < -0.39 is 0 Å². The highest BCUT2D eigenvalue weighted by Gasteiger charge is 2.07. The Morgan fingerprint density at radius 3 is 2.67 bits per heavy atom. The third-order valence-electron chi connectivity index (χ3n) is 3.94. The van der Waals surface area contributed by atoms with E-state index in [-0.39, 0.29) is 11.6 Å². The van der Waals surface area contributed by atoms with Gasteiger partial charge in [-0.15, -0.1) is 0 Å². The second-order valence-electron chi connectivity index (χ2n) is 5.85. The maximum absolute atomic E-state index is 12.2. The SMILES string of the molecule is COc1cccc(CCNC(=O)c2cnc(NCc3ccncc3)cn2)c1. The van der Waals surface area contributed by atoms with E-state index in [9.17, 15) is 4.79 Å². The van der Waals surface area contributed by atoms with E-state index in [1.165, 1.54) is 6.20 Å². The summed E-state index contributed by atoms with van der Waals surface area (Å²) in [7, 11) is 1.63. The number of aromatic nitrogens is 3. The van der Waals surface area contributed by atoms with Crippen LogP contribution in [-0.4, -0.2) is 34.5 Å². The average molecular weight is 363 g/mol. The minimum Gasteiger partial charge on any atom is -0.497 e. The van der Waals surface area contributed by atoms with Gasteiger partial charge in [0.05, 0.1) is 19.5 Å². The number of carbonyl (C=O) groups is 1. The number of rotatable bonds is 8. The number of hydrogen-bond donors (Lipinski definition) is 2. The molecule has 1 amide bonds. The summed E-state index contributed by atoms with van der Waals surface area (Å²) >= 11 is 0. The normalized spacial score (nSPS) is 10.3. The molecule has 0 spiro atoms. The van der Waals surface area contributed by atoms with Crippen molar-refractivity contribution in [1.29, 1.82) is 0 Å². The molecule has 27 heavy (non-hydrogen) atoms. The van der Waals surface area contributed by atoms with E-state index in [0.717, 1.165) is 16.9 Å². The fraction of sp³-hybridized carbons (Fsp3) is 0.200. The molecule has 3 rings (SSSR count). The van der Waals surface area contributed by atoms with Gasteiger partial charge in [0.1, 0.15) is 17.3 Å². The van der Waals surface area contributed by atoms with Crippen molar-refractivity contribution >= 4 is 11.7 Å². The minimum absolute atomic E-state index is 0.244. The van der Waals surface area contributed by atoms with Crippen molar-refractivity contribution in [2.75, 3.05) is 19.0 Å². The topological polar surface area (TPSA) is 89.0 Å². The largest absolute Gasteiger partial charge is 0.497 e. The predicted octanol–water partition coefficient (Wildman–Crippen LogP) is 2.46. The van der Waals surface area contributed by atoms with Gasteiger partial charge in [0.15, 0.2) is 0 Å². The number of hydrogen-bond acceptors (Lipinski definition) is 6. The van der Waals surface area contributed by atoms with Gasteiger partial charge >= 0.3 is 0 Å². The predicted molar refractivity (Wildman–Crippen MR) is 103 cm³/mol. The number of amides is 1. The van der Waals surface area contributed by atoms with Gasteiger partial charge in [0.2, 0.25) is 0 Å². The number of ether oxygens (including phenoxy) is 1. The Kier molecular flexibility index (Phi) is 6.30. The second kappa shape index (κ2) is 9.28. The first-order valence-corrected chi connectivity index (χ1v) is 8.60. The highest BCUT2D eigenvalue weighted by molar-refractivity contribution is 5.91. The average Bonchev–Trinajstić information content (AvgIpc) is 2.73. The van der Waals surface area contributed by atoms with Crippen molar-refractivity contribution in [2.45, 2.75) is 13.0 Å². The lowest BCUT2D eigenvalue weighted by Crippen LogP contribution is -2.26. The zero-order valence-electron chi connectivity index (χ0n) is 15.1. The van der Waals surface area contributed by atoms with Crippen LogP contribution in [0.3, 0.4) is 0 Å². The molecule has 0 unspecified atom stereocenters. The lowest BCUT2D eigenvalue weighted by Gasteiger charge is -2.08. The summed E-state index contributed by atoms with van der Waals surface area (Å²) in [5.41, 5.74) is 2.47. The first-order valence-electron chi connectivity index (χ1n) is 8.60. The van der Waals surface area contributed by atoms with E-state index in [0.29, 0.717) is 25.3 Å². The Balaban J connectivity index is 1.47. The maximum atomic E-state index is 12.2. The van der Waals surface area contributed by atoms with E-state index >= 15 is 0 Å². The van der Waals surface area contributed by atoms with Gasteiger partial charge in [0.25, 0.3) is 5.91 Å². The van der Waals surface area contributed by atoms with Gasteiger partial charge in [-0.1, -0.05) is 12.1 Å². The summed E-state index contributed by atoms with van der Waals surface area (Å²) in [4.78, 5) is 24.6. The quantitative estimate of drug-likeness (QED) is 0.639. The second-order valence-corrected chi connectivity index (χ2v) is 5.85. The molecule has 7 nitrogen and oxygen atoms in total. The van der Waals surface area contributed by atoms with Gasteiger partial charge in [-0.05, 0) is 41.8 Å². The number of nitrogens with one attached hydrogen (secondary N) is 2. The molecule has 0 bridgehead atoms. The molecule has 0 aliphatic carbocycles. The van der Waals surface area contributed by atoms with Crippen LogP contribution in [0.5, 0.6) is 5.75 Å². The van der Waals surface area contributed by atoms with Crippen LogP contribution in [0.15, 0.2) is 61.2 Å². The molecule has 2 N–H and O–H groups in total. The zero-order chi connectivity index (χ0) is 18.9. The number of carbonyl (C=O) groups excluding carboxylic acids is 1. The molecule has 1 aromatic carbocycles. The van der Waals surface area contributed by atoms with Crippen LogP contribution in [0.4, 0.5) is 5.82 Å². The standard InChI is InChI=1S/C20H21N5O2/c1-27-17-4-2-3-15(11-17)7-10-22-20(26)18-13-25-19(14-23-18)24-12-16-5-8-21-9-6-16/h2-6,8-9,11,13-14H,7,10,12H2,1H3,(H,22,26)(H,24,25). The van der Waals surface area contributed by atoms with Crippen molar-refractivity contribution < 1.29 is 9.53 Å². The smallest absolute Gasteiger partial charge is 0.271 e. The van der Waals surface area contributed by atoms with Crippen LogP contribution < -0.4 is 15.4 Å². The number of anilines is 1. The van der Waals surface area contributed by atoms with Crippen LogP contribution in [0.25, 0.3) is 0 Å². The van der Waals surface area contributed by atoms with Crippen molar-refractivity contribution in [3.8, 4) is 5.75 Å². The molecular formula is C20H21N5O2. The summed E-state index contributed by atoms with van der Waals surface area (Å²) in [6.07, 6.45) is 7.21. The van der Waals surface area contributed by atoms with E-state index in [1.807, 2.05) is 36.4 Å². The van der Waals surface area contributed by atoms with Gasteiger partial charge < -0.3 is 15.4 Å². The molecule has 0 aliphatic heterocycles. The van der Waals surface area contributed by atoms with Crippen molar-refractivity contribution in [2.24, 2.45) is 0 Å². The summed E-state index contributed by atoms with van der Waals surface area (Å²) in [5.74, 6) is 1.17. The highest BCUT2D eigenvalue weighted by atomic mass is 16.5. The van der Waals surface area contributed by atoms with E-state index in [4.69, 9.17) is 4.74 Å². The van der Waals surface area contributed by atoms with E-state index in [1.54, 1.807) is 25.7 Å². The fourth-order valence-corrected chi connectivity index (χ4v) is 2.47. The van der Waals surface area contributed by atoms with Gasteiger partial charge in [0, 0.05) is 25.5 Å². The number of nitrogens with zero attached hydrogens (tertiary/aromatic N) is 3. The third kappa shape index (κ3) is 5.50. The molecule has 0 aliphatic rings. The molecule has 0 fully saturated rings. The van der Waals surface area contributed by atoms with Crippen LogP contribution in [0.2, 0.25) is 0 Å². The number of benzene rings is 1. The first-order chi connectivity index (χ1) is 13.2. The third-order valence-corrected chi connectivity index (χ3v) is 3.94. The first kappa shape index (κ1) is 18.3. The Morgan fingerprint density at radius 1 is 1.07 bits per heavy atom. The van der Waals surface area contributed by atoms with Crippen LogP contribution in [0, 0.1) is 0 Å². The van der Waals surface area contributed by atoms with E-state index in [2.05, 4.69) is 25.6 Å². The Hall–Kier alpha value is -3.48. The summed E-state index contributed by atoms with van der Waals surface area (Å²) in [6.45, 7) is 1.12. The maximum Gasteiger partial charge on any atom is 0.271 e. The Bertz CT molecular complexity index is 869. The number of pyridine rings is 1. The molecule has 0 radical (unpaired) electrons. The van der Waals surface area contributed by atoms with Crippen LogP contribution in [0.1, 0.15) is 21.6 Å². The van der Waals surface area contributed by atoms with Crippen molar-refractivity contribution in [3.05, 3.63) is 78.0 Å². The molecule has 2 heterocycles. The summed E-state index contributed by atoms with van der Waals surface area (Å²) in [5, 5.41) is 6.01. The van der Waals surface area contributed by atoms with Crippen LogP contribution >= 0.6 is 0 Å². The highest BCUT2D eigenvalue weighted by Crippen LogP contribution is 2.12. The lowest BCUT2D eigenvalue weighted by molar-refractivity contribution is 0.0949.